The Morgan fingerprint density at radius 2 is 1.96 bits per heavy atom. The van der Waals surface area contributed by atoms with Gasteiger partial charge in [0.05, 0.1) is 0 Å². The number of piperidine rings is 1. The molecule has 1 saturated heterocycles. The predicted molar refractivity (Wildman–Crippen MR) is 100 cm³/mol. The highest BCUT2D eigenvalue weighted by atomic mass is 32.1. The number of likely N-dealkylation sites (tertiary alicyclic amines) is 1. The fourth-order valence-electron chi connectivity index (χ4n) is 3.39. The number of Topliss-reactive ketones (excluding diaryl/α,β-unsaturated/α-hetero) is 1. The molecule has 3 rings (SSSR count). The maximum atomic E-state index is 11.8. The fraction of sp³-hybridized carbons (Fsp3) is 0.421. The molecule has 6 heteroatoms. The van der Waals surface area contributed by atoms with Crippen molar-refractivity contribution >= 4 is 28.2 Å². The average Bonchev–Trinajstić information content (AvgIpc) is 3.01. The molecule has 1 aliphatic rings. The number of nitrogens with one attached hydrogen (secondary N) is 1. The normalized spacial score (nSPS) is 15.9. The van der Waals surface area contributed by atoms with E-state index < -0.39 is 0 Å². The van der Waals surface area contributed by atoms with Crippen LogP contribution in [0.1, 0.15) is 53.4 Å². The maximum Gasteiger partial charge on any atom is 0.223 e. The number of carbonyl (C=O) groups is 2. The van der Waals surface area contributed by atoms with E-state index in [-0.39, 0.29) is 11.7 Å². The van der Waals surface area contributed by atoms with Crippen LogP contribution < -0.4 is 5.32 Å². The molecule has 0 bridgehead atoms. The second-order valence-corrected chi connectivity index (χ2v) is 7.62. The highest BCUT2D eigenvalue weighted by Gasteiger charge is 2.23. The summed E-state index contributed by atoms with van der Waals surface area (Å²) in [4.78, 5) is 30.7. The molecule has 1 aromatic heterocycles. The van der Waals surface area contributed by atoms with Crippen LogP contribution in [-0.4, -0.2) is 34.7 Å². The standard InChI is InChI=1S/C19H23N3O2S/c1-13(23)17-5-3-4-6-18(17)15-7-9-22(10-8-15)12-16-11-20-19(25-16)21-14(2)24/h3-6,11,15H,7-10,12H2,1-2H3,(H,20,21,24). The van der Waals surface area contributed by atoms with Crippen LogP contribution >= 0.6 is 11.3 Å². The van der Waals surface area contributed by atoms with Gasteiger partial charge in [-0.1, -0.05) is 24.3 Å². The lowest BCUT2D eigenvalue weighted by molar-refractivity contribution is -0.114. The van der Waals surface area contributed by atoms with Gasteiger partial charge in [0.25, 0.3) is 0 Å². The third-order valence-electron chi connectivity index (χ3n) is 4.58. The first-order valence-electron chi connectivity index (χ1n) is 8.57. The minimum Gasteiger partial charge on any atom is -0.302 e. The first kappa shape index (κ1) is 17.8. The van der Waals surface area contributed by atoms with Crippen LogP contribution in [0.2, 0.25) is 0 Å². The average molecular weight is 357 g/mol. The van der Waals surface area contributed by atoms with Gasteiger partial charge in [0.1, 0.15) is 0 Å². The van der Waals surface area contributed by atoms with E-state index in [0.717, 1.165) is 42.9 Å². The van der Waals surface area contributed by atoms with Crippen molar-refractivity contribution in [3.05, 3.63) is 46.5 Å². The minimum absolute atomic E-state index is 0.0918. The lowest BCUT2D eigenvalue weighted by atomic mass is 9.85. The fourth-order valence-corrected chi connectivity index (χ4v) is 4.29. The van der Waals surface area contributed by atoms with Crippen molar-refractivity contribution in [2.24, 2.45) is 0 Å². The van der Waals surface area contributed by atoms with Gasteiger partial charge in [0, 0.05) is 30.1 Å². The highest BCUT2D eigenvalue weighted by Crippen LogP contribution is 2.31. The number of nitrogens with zero attached hydrogens (tertiary/aromatic N) is 2. The van der Waals surface area contributed by atoms with Crippen LogP contribution in [0.3, 0.4) is 0 Å². The Bertz CT molecular complexity index is 764. The summed E-state index contributed by atoms with van der Waals surface area (Å²) in [7, 11) is 0. The largest absolute Gasteiger partial charge is 0.302 e. The summed E-state index contributed by atoms with van der Waals surface area (Å²) >= 11 is 1.53. The molecule has 1 fully saturated rings. The van der Waals surface area contributed by atoms with Gasteiger partial charge in [-0.2, -0.15) is 0 Å². The number of hydrogen-bond donors (Lipinski definition) is 1. The molecular formula is C19H23N3O2S. The van der Waals surface area contributed by atoms with Crippen LogP contribution in [0.25, 0.3) is 0 Å². The lowest BCUT2D eigenvalue weighted by Gasteiger charge is -2.32. The second kappa shape index (κ2) is 7.89. The van der Waals surface area contributed by atoms with Crippen LogP contribution in [0.5, 0.6) is 0 Å². The van der Waals surface area contributed by atoms with E-state index in [1.807, 2.05) is 24.4 Å². The van der Waals surface area contributed by atoms with Crippen LogP contribution in [0, 0.1) is 0 Å². The van der Waals surface area contributed by atoms with Gasteiger partial charge in [0.2, 0.25) is 5.91 Å². The van der Waals surface area contributed by atoms with Crippen LogP contribution in [0.15, 0.2) is 30.5 Å². The molecular weight excluding hydrogens is 334 g/mol. The predicted octanol–water partition coefficient (Wildman–Crippen LogP) is 3.68. The number of hydrogen-bond acceptors (Lipinski definition) is 5. The minimum atomic E-state index is -0.0918. The van der Waals surface area contributed by atoms with E-state index in [9.17, 15) is 9.59 Å². The summed E-state index contributed by atoms with van der Waals surface area (Å²) in [6.07, 6.45) is 3.95. The van der Waals surface area contributed by atoms with Crippen molar-refractivity contribution < 1.29 is 9.59 Å². The number of rotatable bonds is 5. The number of aromatic nitrogens is 1. The molecule has 0 spiro atoms. The molecule has 1 aromatic carbocycles. The first-order valence-corrected chi connectivity index (χ1v) is 9.39. The lowest BCUT2D eigenvalue weighted by Crippen LogP contribution is -2.32. The molecule has 132 valence electrons. The smallest absolute Gasteiger partial charge is 0.223 e. The van der Waals surface area contributed by atoms with Gasteiger partial charge in [-0.15, -0.1) is 11.3 Å². The zero-order valence-electron chi connectivity index (χ0n) is 14.6. The third kappa shape index (κ3) is 4.52. The molecule has 25 heavy (non-hydrogen) atoms. The molecule has 0 saturated carbocycles. The van der Waals surface area contributed by atoms with E-state index >= 15 is 0 Å². The number of amides is 1. The van der Waals surface area contributed by atoms with Crippen molar-refractivity contribution in [1.29, 1.82) is 0 Å². The van der Waals surface area contributed by atoms with Crippen LogP contribution in [-0.2, 0) is 11.3 Å². The first-order chi connectivity index (χ1) is 12.0. The SMILES string of the molecule is CC(=O)Nc1ncc(CN2CCC(c3ccccc3C(C)=O)CC2)s1. The molecule has 1 amide bonds. The Balaban J connectivity index is 1.58. The molecule has 0 atom stereocenters. The van der Waals surface area contributed by atoms with Gasteiger partial charge in [0.15, 0.2) is 10.9 Å². The van der Waals surface area contributed by atoms with E-state index in [4.69, 9.17) is 0 Å². The van der Waals surface area contributed by atoms with Gasteiger partial charge < -0.3 is 5.32 Å². The summed E-state index contributed by atoms with van der Waals surface area (Å²) in [6, 6.07) is 7.99. The summed E-state index contributed by atoms with van der Waals surface area (Å²) in [6.45, 7) is 6.00. The quantitative estimate of drug-likeness (QED) is 0.829. The zero-order valence-corrected chi connectivity index (χ0v) is 15.4. The molecule has 2 heterocycles. The van der Waals surface area contributed by atoms with E-state index in [1.165, 1.54) is 23.8 Å². The van der Waals surface area contributed by atoms with Crippen molar-refractivity contribution in [1.82, 2.24) is 9.88 Å². The van der Waals surface area contributed by atoms with Gasteiger partial charge in [-0.25, -0.2) is 4.98 Å². The van der Waals surface area contributed by atoms with Gasteiger partial charge in [-0.05, 0) is 44.3 Å². The van der Waals surface area contributed by atoms with Crippen molar-refractivity contribution in [2.45, 2.75) is 39.2 Å². The summed E-state index contributed by atoms with van der Waals surface area (Å²) in [5.74, 6) is 0.506. The Morgan fingerprint density at radius 3 is 2.64 bits per heavy atom. The zero-order chi connectivity index (χ0) is 17.8. The number of benzene rings is 1. The van der Waals surface area contributed by atoms with E-state index in [1.54, 1.807) is 6.92 Å². The monoisotopic (exact) mass is 357 g/mol. The van der Waals surface area contributed by atoms with Crippen molar-refractivity contribution in [3.8, 4) is 0 Å². The van der Waals surface area contributed by atoms with Crippen molar-refractivity contribution in [2.75, 3.05) is 18.4 Å². The molecule has 0 aliphatic carbocycles. The summed E-state index contributed by atoms with van der Waals surface area (Å²) in [5.41, 5.74) is 2.06. The molecule has 0 radical (unpaired) electrons. The van der Waals surface area contributed by atoms with Crippen LogP contribution in [0.4, 0.5) is 5.13 Å². The van der Waals surface area contributed by atoms with E-state index in [2.05, 4.69) is 21.3 Å². The Morgan fingerprint density at radius 1 is 1.24 bits per heavy atom. The molecule has 1 aliphatic heterocycles. The van der Waals surface area contributed by atoms with E-state index in [0.29, 0.717) is 11.0 Å². The third-order valence-corrected chi connectivity index (χ3v) is 5.48. The number of thiazole rings is 1. The number of ketones is 1. The van der Waals surface area contributed by atoms with Gasteiger partial charge in [-0.3, -0.25) is 14.5 Å². The Hall–Kier alpha value is -2.05. The second-order valence-electron chi connectivity index (χ2n) is 6.51. The molecule has 5 nitrogen and oxygen atoms in total. The van der Waals surface area contributed by atoms with Crippen molar-refractivity contribution in [3.63, 3.8) is 0 Å². The molecule has 0 unspecified atom stereocenters. The highest BCUT2D eigenvalue weighted by molar-refractivity contribution is 7.15. The summed E-state index contributed by atoms with van der Waals surface area (Å²) < 4.78 is 0. The maximum absolute atomic E-state index is 11.8. The molecule has 1 N–H and O–H groups in total. The Labute approximate surface area is 152 Å². The topological polar surface area (TPSA) is 62.3 Å². The van der Waals surface area contributed by atoms with Gasteiger partial charge >= 0.3 is 0 Å². The Kier molecular flexibility index (Phi) is 5.60. The molecule has 2 aromatic rings. The summed E-state index contributed by atoms with van der Waals surface area (Å²) in [5, 5.41) is 3.39. The number of anilines is 1. The number of carbonyl (C=O) groups excluding carboxylic acids is 2.